The Morgan fingerprint density at radius 2 is 0.640 bits per heavy atom. The molecule has 0 bridgehead atoms. The zero-order valence-electron chi connectivity index (χ0n) is 14.0. The van der Waals surface area contributed by atoms with Gasteiger partial charge in [0.2, 0.25) is 0 Å². The molecule has 5 aromatic rings. The monoisotopic (exact) mass is 1080 g/mol. The molecule has 0 radical (unpaired) electrons. The van der Waals surface area contributed by atoms with Crippen LogP contribution in [0.3, 0.4) is 0 Å². The van der Waals surface area contributed by atoms with Crippen LogP contribution in [0.5, 0.6) is 0 Å². The quantitative estimate of drug-likeness (QED) is 0.134. The predicted octanol–water partition coefficient (Wildman–Crippen LogP) is 5.90. The summed E-state index contributed by atoms with van der Waals surface area (Å²) in [5, 5.41) is 9.50. The molecular weight excluding hydrogens is 1070 g/mol. The van der Waals surface area contributed by atoms with E-state index in [2.05, 4.69) is 84.9 Å². The summed E-state index contributed by atoms with van der Waals surface area (Å²) in [6.07, 6.45) is 0. The van der Waals surface area contributed by atoms with Gasteiger partial charge >= 0.3 is 0 Å². The Bertz CT molecular complexity index is 996. The molecule has 0 fully saturated rings. The Labute approximate surface area is 128 Å². The number of benzene rings is 5. The minimum absolute atomic E-state index is 0. The van der Waals surface area contributed by atoms with E-state index in [1.165, 1.54) is 21.5 Å². The third-order valence-corrected chi connectivity index (χ3v) is 4.31. The van der Waals surface area contributed by atoms with Crippen molar-refractivity contribution in [3.63, 3.8) is 0 Å². The van der Waals surface area contributed by atoms with Crippen LogP contribution in [0.2, 0.25) is 0 Å². The number of hydrogen-bond donors (Lipinski definition) is 0. The van der Waals surface area contributed by atoms with Gasteiger partial charge in [0.1, 0.15) is 0 Å². The van der Waals surface area contributed by atoms with Crippen LogP contribution >= 0.6 is 0 Å². The van der Waals surface area contributed by atoms with Gasteiger partial charge < -0.3 is 0 Å². The van der Waals surface area contributed by atoms with E-state index in [9.17, 15) is 0 Å². The second-order valence-corrected chi connectivity index (χ2v) is 5.74. The minimum atomic E-state index is 0. The molecular formula is C22H12Rf3-2. The maximum atomic E-state index is 3.56. The molecule has 108 valence electrons. The van der Waals surface area contributed by atoms with Gasteiger partial charge in [0.05, 0.1) is 0 Å². The van der Waals surface area contributed by atoms with Crippen LogP contribution in [0, 0.1) is 12.1 Å². The van der Waals surface area contributed by atoms with E-state index in [0.29, 0.717) is 0 Å². The van der Waals surface area contributed by atoms with Gasteiger partial charge in [-0.15, -0.1) is 24.3 Å². The minimum Gasteiger partial charge on any atom is -0.199 e. The summed E-state index contributed by atoms with van der Waals surface area (Å²) in [4.78, 5) is 0. The first-order valence-electron chi connectivity index (χ1n) is 7.46. The largest absolute Gasteiger partial charge is 0.199 e. The summed E-state index contributed by atoms with van der Waals surface area (Å²) in [6.45, 7) is 0. The van der Waals surface area contributed by atoms with E-state index in [4.69, 9.17) is 0 Å². The summed E-state index contributed by atoms with van der Waals surface area (Å²) in [5.41, 5.74) is 0. The van der Waals surface area contributed by atoms with Crippen LogP contribution in [-0.4, -0.2) is 0 Å². The average Bonchev–Trinajstić information content (AvgIpc) is 2.56. The van der Waals surface area contributed by atoms with Gasteiger partial charge in [-0.25, -0.2) is 0 Å². The molecule has 0 unspecified atom stereocenters. The average molecular weight is 1080 g/mol. The van der Waals surface area contributed by atoms with E-state index in [-0.39, 0.29) is 0 Å². The van der Waals surface area contributed by atoms with Gasteiger partial charge in [-0.05, 0) is 0 Å². The van der Waals surface area contributed by atoms with Crippen LogP contribution in [0.25, 0.3) is 43.1 Å². The molecule has 0 atom stereocenters. The fourth-order valence-electron chi connectivity index (χ4n) is 3.18. The Kier molecular flexibility index (Phi) is 3.20. The van der Waals surface area contributed by atoms with E-state index >= 15 is 0 Å². The van der Waals surface area contributed by atoms with E-state index < -0.39 is 0 Å². The molecule has 0 aliphatic heterocycles. The number of fused-ring (bicyclic) bond motifs is 4. The molecule has 0 amide bonds. The number of hydrogen-bond acceptors (Lipinski definition) is 0. The second kappa shape index (κ2) is 5.16. The van der Waals surface area contributed by atoms with Crippen molar-refractivity contribution in [1.82, 2.24) is 0 Å². The molecule has 5 aromatic carbocycles. The molecule has 0 saturated heterocycles. The molecule has 0 nitrogen and oxygen atoms in total. The fraction of sp³-hybridized carbons (Fsp3) is 0. The zero-order valence-corrected chi connectivity index (χ0v) is 33.2. The van der Waals surface area contributed by atoms with Gasteiger partial charge in [0.25, 0.3) is 0 Å². The normalized spacial score (nSPS) is 10.2. The van der Waals surface area contributed by atoms with Crippen molar-refractivity contribution in [3.05, 3.63) is 84.9 Å². The Morgan fingerprint density at radius 1 is 0.400 bits per heavy atom. The maximum Gasteiger partial charge on any atom is 0 e. The topological polar surface area (TPSA) is 0 Å². The summed E-state index contributed by atoms with van der Waals surface area (Å²) in [6, 6.07) is 32.8. The molecule has 0 aromatic heterocycles. The van der Waals surface area contributed by atoms with Crippen molar-refractivity contribution < 1.29 is 0 Å². The summed E-state index contributed by atoms with van der Waals surface area (Å²) >= 11 is 0. The van der Waals surface area contributed by atoms with Crippen molar-refractivity contribution >= 4 is 43.1 Å². The maximum absolute atomic E-state index is 3.56. The Balaban J connectivity index is 0.000000751. The van der Waals surface area contributed by atoms with Gasteiger partial charge in [-0.3, -0.25) is 0 Å². The van der Waals surface area contributed by atoms with Gasteiger partial charge in [0, 0.05) is 0 Å². The van der Waals surface area contributed by atoms with Gasteiger partial charge in [0.15, 0.2) is 0 Å². The molecule has 0 aliphatic rings. The fourth-order valence-corrected chi connectivity index (χ4v) is 3.18. The summed E-state index contributed by atoms with van der Waals surface area (Å²) < 4.78 is 0. The smallest absolute Gasteiger partial charge is 0 e. The molecule has 0 aliphatic carbocycles. The first-order chi connectivity index (χ1) is 10.9. The van der Waals surface area contributed by atoms with Crippen molar-refractivity contribution in [2.75, 3.05) is 0 Å². The summed E-state index contributed by atoms with van der Waals surface area (Å²) in [5.74, 6) is 0. The van der Waals surface area contributed by atoms with Gasteiger partial charge in [-0.2, -0.15) is 33.7 Å². The van der Waals surface area contributed by atoms with E-state index in [1.54, 1.807) is 0 Å². The second-order valence-electron chi connectivity index (χ2n) is 5.74. The van der Waals surface area contributed by atoms with Gasteiger partial charge in [-0.1, -0.05) is 70.1 Å². The number of rotatable bonds is 0. The van der Waals surface area contributed by atoms with Crippen LogP contribution in [0.15, 0.2) is 72.8 Å². The zero-order chi connectivity index (χ0) is 14.5. The van der Waals surface area contributed by atoms with E-state index in [0.717, 1.165) is 21.5 Å². The van der Waals surface area contributed by atoms with Crippen LogP contribution in [-0.2, 0) is 0 Å². The van der Waals surface area contributed by atoms with Crippen molar-refractivity contribution in [2.24, 2.45) is 0 Å². The van der Waals surface area contributed by atoms with E-state index in [1.807, 2.05) is 0 Å². The molecule has 0 spiro atoms. The molecule has 0 heterocycles. The Hall–Kier alpha value is -5.86. The summed E-state index contributed by atoms with van der Waals surface area (Å²) in [7, 11) is 0. The third-order valence-electron chi connectivity index (χ3n) is 4.31. The SMILES string of the molecule is [Rf].[Rf].[Rf].[c-]1c2cc3ccccc3cc2[c-]c2cc3ccccc3cc12. The standard InChI is InChI=1S/C22H12.3Rf/c1-2-6-16-10-20-14-22-12-18-8-4-3-7-17(18)11-21(22)13-19(20)9-15(16)5-1;;;/h1-12H;;;/q-2;;;. The van der Waals surface area contributed by atoms with Crippen molar-refractivity contribution in [1.29, 1.82) is 0 Å². The molecule has 0 N–H and O–H groups in total. The van der Waals surface area contributed by atoms with Crippen LogP contribution in [0.1, 0.15) is 0 Å². The Morgan fingerprint density at radius 3 is 0.880 bits per heavy atom. The first-order valence-corrected chi connectivity index (χ1v) is 7.46. The first kappa shape index (κ1) is 15.5. The molecule has 3 heteroatoms. The molecule has 5 rings (SSSR count). The van der Waals surface area contributed by atoms with Crippen molar-refractivity contribution in [3.8, 4) is 0 Å². The third kappa shape index (κ3) is 2.04. The molecule has 0 saturated carbocycles. The van der Waals surface area contributed by atoms with Crippen molar-refractivity contribution in [2.45, 2.75) is 0 Å². The predicted molar refractivity (Wildman–Crippen MR) is 94.1 cm³/mol. The molecule has 25 heavy (non-hydrogen) atoms. The van der Waals surface area contributed by atoms with Crippen LogP contribution < -0.4 is 0 Å². The van der Waals surface area contributed by atoms with Crippen LogP contribution in [0.4, 0.5) is 0 Å².